The van der Waals surface area contributed by atoms with Crippen LogP contribution in [-0.4, -0.2) is 44.6 Å². The first-order chi connectivity index (χ1) is 9.33. The van der Waals surface area contributed by atoms with Crippen molar-refractivity contribution in [1.82, 2.24) is 19.8 Å². The van der Waals surface area contributed by atoms with E-state index in [1.54, 1.807) is 12.4 Å². The highest BCUT2D eigenvalue weighted by Crippen LogP contribution is 2.37. The van der Waals surface area contributed by atoms with E-state index in [1.807, 2.05) is 0 Å². The number of nitrogens with one attached hydrogen (secondary N) is 1. The second-order valence-corrected chi connectivity index (χ2v) is 6.83. The molecule has 0 bridgehead atoms. The predicted molar refractivity (Wildman–Crippen MR) is 79.7 cm³/mol. The smallest absolute Gasteiger partial charge is 0.326 e. The van der Waals surface area contributed by atoms with Crippen LogP contribution in [0, 0.1) is 0 Å². The van der Waals surface area contributed by atoms with Gasteiger partial charge in [-0.05, 0) is 47.0 Å². The zero-order valence-electron chi connectivity index (χ0n) is 13.0. The lowest BCUT2D eigenvalue weighted by Gasteiger charge is -2.53. The van der Waals surface area contributed by atoms with Crippen molar-refractivity contribution < 1.29 is 4.79 Å². The molecule has 0 atom stereocenters. The molecule has 1 aromatic heterocycles. The average molecular weight is 278 g/mol. The van der Waals surface area contributed by atoms with Crippen LogP contribution < -0.4 is 5.32 Å². The Kier molecular flexibility index (Phi) is 4.18. The minimum Gasteiger partial charge on any atom is -0.336 e. The van der Waals surface area contributed by atoms with Crippen LogP contribution in [0.3, 0.4) is 0 Å². The summed E-state index contributed by atoms with van der Waals surface area (Å²) in [6.07, 6.45) is 8.49. The molecular weight excluding hydrogens is 252 g/mol. The van der Waals surface area contributed by atoms with E-state index in [4.69, 9.17) is 0 Å². The van der Waals surface area contributed by atoms with Crippen LogP contribution in [0.4, 0.5) is 4.79 Å². The lowest BCUT2D eigenvalue weighted by Crippen LogP contribution is -2.60. The van der Waals surface area contributed by atoms with Crippen LogP contribution in [0.5, 0.6) is 0 Å². The molecule has 1 aromatic rings. The zero-order valence-corrected chi connectivity index (χ0v) is 13.0. The van der Waals surface area contributed by atoms with Crippen molar-refractivity contribution >= 4 is 6.03 Å². The lowest BCUT2D eigenvalue weighted by molar-refractivity contribution is -0.0248. The number of aromatic nitrogens is 2. The molecular formula is C15H26N4O. The van der Waals surface area contributed by atoms with Crippen LogP contribution in [0.25, 0.3) is 0 Å². The van der Waals surface area contributed by atoms with Gasteiger partial charge in [0.15, 0.2) is 0 Å². The molecule has 1 saturated heterocycles. The molecule has 5 heteroatoms. The van der Waals surface area contributed by atoms with Crippen LogP contribution in [0.1, 0.15) is 47.0 Å². The third kappa shape index (κ3) is 3.20. The fraction of sp³-hybridized carbons (Fsp3) is 0.733. The van der Waals surface area contributed by atoms with Gasteiger partial charge in [-0.2, -0.15) is 0 Å². The fourth-order valence-electron chi connectivity index (χ4n) is 3.39. The van der Waals surface area contributed by atoms with Gasteiger partial charge < -0.3 is 5.32 Å². The third-order valence-electron chi connectivity index (χ3n) is 4.39. The van der Waals surface area contributed by atoms with E-state index >= 15 is 0 Å². The van der Waals surface area contributed by atoms with Crippen molar-refractivity contribution in [3.05, 3.63) is 18.7 Å². The second-order valence-electron chi connectivity index (χ2n) is 6.83. The van der Waals surface area contributed by atoms with Gasteiger partial charge in [0.2, 0.25) is 0 Å². The maximum absolute atomic E-state index is 11.9. The molecule has 1 amide bonds. The first-order valence-corrected chi connectivity index (χ1v) is 7.37. The number of likely N-dealkylation sites (tertiary alicyclic amines) is 1. The molecule has 5 nitrogen and oxygen atoms in total. The minimum absolute atomic E-state index is 0.116. The topological polar surface area (TPSA) is 50.2 Å². The van der Waals surface area contributed by atoms with Gasteiger partial charge in [-0.15, -0.1) is 0 Å². The highest BCUT2D eigenvalue weighted by Gasteiger charge is 2.40. The first kappa shape index (κ1) is 15.0. The number of nitrogens with zero attached hydrogens (tertiary/aromatic N) is 3. The Hall–Kier alpha value is -1.36. The fourth-order valence-corrected chi connectivity index (χ4v) is 3.39. The maximum Gasteiger partial charge on any atom is 0.326 e. The summed E-state index contributed by atoms with van der Waals surface area (Å²) in [5, 5.41) is 2.95. The van der Waals surface area contributed by atoms with Gasteiger partial charge in [-0.1, -0.05) is 0 Å². The number of piperidine rings is 1. The molecule has 0 radical (unpaired) electrons. The summed E-state index contributed by atoms with van der Waals surface area (Å²) in [4.78, 5) is 18.3. The van der Waals surface area contributed by atoms with Crippen LogP contribution >= 0.6 is 0 Å². The van der Waals surface area contributed by atoms with E-state index in [9.17, 15) is 4.79 Å². The van der Waals surface area contributed by atoms with E-state index in [0.717, 1.165) is 6.54 Å². The van der Waals surface area contributed by atoms with Gasteiger partial charge in [-0.3, -0.25) is 9.47 Å². The summed E-state index contributed by atoms with van der Waals surface area (Å²) in [6, 6.07) is -0.116. The molecule has 20 heavy (non-hydrogen) atoms. The second kappa shape index (κ2) is 5.56. The number of hydrogen-bond donors (Lipinski definition) is 1. The van der Waals surface area contributed by atoms with Gasteiger partial charge >= 0.3 is 6.03 Å². The molecule has 1 aliphatic heterocycles. The molecule has 2 rings (SSSR count). The van der Waals surface area contributed by atoms with Crippen molar-refractivity contribution in [1.29, 1.82) is 0 Å². The number of carbonyl (C=O) groups excluding carboxylic acids is 1. The Bertz CT molecular complexity index is 434. The quantitative estimate of drug-likeness (QED) is 0.924. The average Bonchev–Trinajstić information content (AvgIpc) is 2.85. The normalized spacial score (nSPS) is 21.6. The summed E-state index contributed by atoms with van der Waals surface area (Å²) in [5.41, 5.74) is 0.392. The van der Waals surface area contributed by atoms with Gasteiger partial charge in [0, 0.05) is 36.6 Å². The Morgan fingerprint density at radius 3 is 2.45 bits per heavy atom. The number of amides is 1. The van der Waals surface area contributed by atoms with Crippen molar-refractivity contribution in [2.75, 3.05) is 13.1 Å². The predicted octanol–water partition coefficient (Wildman–Crippen LogP) is 2.48. The molecule has 1 aliphatic rings. The van der Waals surface area contributed by atoms with Crippen molar-refractivity contribution in [3.63, 3.8) is 0 Å². The van der Waals surface area contributed by atoms with Gasteiger partial charge in [-0.25, -0.2) is 9.78 Å². The number of carbonyl (C=O) groups is 1. The number of imidazole rings is 1. The van der Waals surface area contributed by atoms with E-state index in [-0.39, 0.29) is 17.1 Å². The SMILES string of the molecule is CC1(C)CCCC(C)(C)N1CCNC(=O)n1ccnc1. The van der Waals surface area contributed by atoms with E-state index in [0.29, 0.717) is 6.54 Å². The maximum atomic E-state index is 11.9. The highest BCUT2D eigenvalue weighted by atomic mass is 16.2. The van der Waals surface area contributed by atoms with Gasteiger partial charge in [0.1, 0.15) is 6.33 Å². The first-order valence-electron chi connectivity index (χ1n) is 7.37. The summed E-state index contributed by atoms with van der Waals surface area (Å²) in [7, 11) is 0. The summed E-state index contributed by atoms with van der Waals surface area (Å²) < 4.78 is 1.46. The van der Waals surface area contributed by atoms with Gasteiger partial charge in [0.25, 0.3) is 0 Å². The Morgan fingerprint density at radius 2 is 1.90 bits per heavy atom. The molecule has 1 fully saturated rings. The summed E-state index contributed by atoms with van der Waals surface area (Å²) >= 11 is 0. The minimum atomic E-state index is -0.116. The largest absolute Gasteiger partial charge is 0.336 e. The lowest BCUT2D eigenvalue weighted by atomic mass is 9.80. The standard InChI is InChI=1S/C15H26N4O/c1-14(2)6-5-7-15(3,4)19(14)11-9-17-13(20)18-10-8-16-12-18/h8,10,12H,5-7,9,11H2,1-4H3,(H,17,20). The summed E-state index contributed by atoms with van der Waals surface area (Å²) in [5.74, 6) is 0. The third-order valence-corrected chi connectivity index (χ3v) is 4.39. The van der Waals surface area contributed by atoms with Crippen molar-refractivity contribution in [2.45, 2.75) is 58.0 Å². The van der Waals surface area contributed by atoms with E-state index < -0.39 is 0 Å². The molecule has 0 spiro atoms. The highest BCUT2D eigenvalue weighted by molar-refractivity contribution is 5.76. The molecule has 0 unspecified atom stereocenters. The Morgan fingerprint density at radius 1 is 1.25 bits per heavy atom. The molecule has 2 heterocycles. The van der Waals surface area contributed by atoms with E-state index in [1.165, 1.54) is 30.2 Å². The Balaban J connectivity index is 1.90. The summed E-state index contributed by atoms with van der Waals surface area (Å²) in [6.45, 7) is 10.7. The zero-order chi connectivity index (χ0) is 14.8. The monoisotopic (exact) mass is 278 g/mol. The van der Waals surface area contributed by atoms with Crippen LogP contribution in [0.15, 0.2) is 18.7 Å². The molecule has 0 saturated carbocycles. The molecule has 0 aliphatic carbocycles. The van der Waals surface area contributed by atoms with Crippen LogP contribution in [0.2, 0.25) is 0 Å². The molecule has 112 valence electrons. The van der Waals surface area contributed by atoms with Crippen molar-refractivity contribution in [2.24, 2.45) is 0 Å². The van der Waals surface area contributed by atoms with Crippen LogP contribution in [-0.2, 0) is 0 Å². The molecule has 0 aromatic carbocycles. The number of hydrogen-bond acceptors (Lipinski definition) is 3. The van der Waals surface area contributed by atoms with Gasteiger partial charge in [0.05, 0.1) is 0 Å². The van der Waals surface area contributed by atoms with E-state index in [2.05, 4.69) is 42.9 Å². The Labute approximate surface area is 121 Å². The van der Waals surface area contributed by atoms with Crippen molar-refractivity contribution in [3.8, 4) is 0 Å². The number of rotatable bonds is 3. The molecule has 1 N–H and O–H groups in total.